The maximum absolute atomic E-state index is 12.4. The number of imide groups is 1. The molecule has 1 aromatic carbocycles. The predicted molar refractivity (Wildman–Crippen MR) is 51.6 cm³/mol. The first kappa shape index (κ1) is 14.9. The number of carbonyl (C=O) groups is 2. The maximum Gasteiger partial charge on any atom is 1.00 e. The van der Waals surface area contributed by atoms with Crippen molar-refractivity contribution in [1.29, 1.82) is 0 Å². The van der Waals surface area contributed by atoms with Crippen LogP contribution in [0.25, 0.3) is 0 Å². The van der Waals surface area contributed by atoms with Crippen molar-refractivity contribution >= 4 is 24.3 Å². The smallest absolute Gasteiger partial charge is 0.445 e. The van der Waals surface area contributed by atoms with Crippen LogP contribution in [-0.2, 0) is 0 Å². The van der Waals surface area contributed by atoms with Gasteiger partial charge in [-0.25, -0.2) is 0 Å². The molecular weight excluding hydrogens is 261 g/mol. The molecule has 0 saturated heterocycles. The zero-order valence-electron chi connectivity index (χ0n) is 9.21. The second kappa shape index (κ2) is 4.85. The molecular formula is C9H6BF3KNO2. The van der Waals surface area contributed by atoms with E-state index in [0.29, 0.717) is 0 Å². The number of nitrogens with zero attached hydrogens (tertiary/aromatic N) is 1. The Hall–Kier alpha value is -0.149. The molecule has 0 aliphatic carbocycles. The summed E-state index contributed by atoms with van der Waals surface area (Å²) in [5, 5.41) is 0. The molecule has 1 aromatic rings. The Morgan fingerprint density at radius 1 is 1.06 bits per heavy atom. The molecule has 0 bridgehead atoms. The Kier molecular flexibility index (Phi) is 4.25. The first-order valence-corrected chi connectivity index (χ1v) is 4.48. The SMILES string of the molecule is CN1C(=O)c2ccc([B-](F)(F)F)cc2C1=O.[K+]. The molecule has 0 radical (unpaired) electrons. The van der Waals surface area contributed by atoms with Crippen molar-refractivity contribution in [2.24, 2.45) is 0 Å². The average molecular weight is 267 g/mol. The molecule has 1 aliphatic heterocycles. The molecule has 8 heteroatoms. The minimum atomic E-state index is -5.15. The summed E-state index contributed by atoms with van der Waals surface area (Å²) in [5.74, 6) is -1.26. The van der Waals surface area contributed by atoms with Gasteiger partial charge < -0.3 is 12.9 Å². The van der Waals surface area contributed by atoms with Crippen molar-refractivity contribution in [2.75, 3.05) is 7.05 Å². The fraction of sp³-hybridized carbons (Fsp3) is 0.111. The van der Waals surface area contributed by atoms with E-state index in [-0.39, 0.29) is 62.5 Å². The molecule has 1 aliphatic rings. The molecule has 84 valence electrons. The summed E-state index contributed by atoms with van der Waals surface area (Å²) in [6, 6.07) is 2.60. The zero-order valence-corrected chi connectivity index (χ0v) is 12.3. The number of halogens is 3. The van der Waals surface area contributed by atoms with Gasteiger partial charge in [0.25, 0.3) is 11.8 Å². The van der Waals surface area contributed by atoms with Crippen LogP contribution in [0.5, 0.6) is 0 Å². The zero-order chi connectivity index (χ0) is 12.1. The van der Waals surface area contributed by atoms with Gasteiger partial charge in [-0.15, -0.1) is 5.46 Å². The summed E-state index contributed by atoms with van der Waals surface area (Å²) in [5.41, 5.74) is -1.02. The number of amides is 2. The van der Waals surface area contributed by atoms with E-state index in [4.69, 9.17) is 0 Å². The van der Waals surface area contributed by atoms with Crippen molar-refractivity contribution in [3.8, 4) is 0 Å². The van der Waals surface area contributed by atoms with Gasteiger partial charge in [-0.1, -0.05) is 18.2 Å². The van der Waals surface area contributed by atoms with Gasteiger partial charge in [0.1, 0.15) is 0 Å². The summed E-state index contributed by atoms with van der Waals surface area (Å²) in [4.78, 5) is 23.6. The van der Waals surface area contributed by atoms with E-state index in [0.717, 1.165) is 23.1 Å². The van der Waals surface area contributed by atoms with Crippen LogP contribution in [-0.4, -0.2) is 30.7 Å². The molecule has 0 spiro atoms. The van der Waals surface area contributed by atoms with Gasteiger partial charge in [-0.2, -0.15) is 0 Å². The number of benzene rings is 1. The van der Waals surface area contributed by atoms with Gasteiger partial charge in [0, 0.05) is 12.6 Å². The minimum Gasteiger partial charge on any atom is -0.445 e. The van der Waals surface area contributed by atoms with Crippen LogP contribution >= 0.6 is 0 Å². The fourth-order valence-electron chi connectivity index (χ4n) is 1.58. The second-order valence-corrected chi connectivity index (χ2v) is 3.55. The van der Waals surface area contributed by atoms with Crippen LogP contribution < -0.4 is 56.8 Å². The maximum atomic E-state index is 12.4. The molecule has 17 heavy (non-hydrogen) atoms. The Labute approximate surface area is 138 Å². The third-order valence-corrected chi connectivity index (χ3v) is 2.49. The second-order valence-electron chi connectivity index (χ2n) is 3.55. The molecule has 3 nitrogen and oxygen atoms in total. The van der Waals surface area contributed by atoms with E-state index in [2.05, 4.69) is 0 Å². The number of hydrogen-bond acceptors (Lipinski definition) is 2. The van der Waals surface area contributed by atoms with Gasteiger partial charge in [0.2, 0.25) is 0 Å². The predicted octanol–water partition coefficient (Wildman–Crippen LogP) is -2.03. The Bertz CT molecular complexity index is 504. The van der Waals surface area contributed by atoms with Crippen LogP contribution in [0, 0.1) is 0 Å². The van der Waals surface area contributed by atoms with Gasteiger partial charge in [-0.3, -0.25) is 14.5 Å². The van der Waals surface area contributed by atoms with Crippen LogP contribution in [0.15, 0.2) is 18.2 Å². The standard InChI is InChI=1S/C9H6BF3NO2.K/c1-14-8(15)6-3-2-5(10(11,12)13)4-7(6)9(14)16;/h2-4H,1H3;/q-1;+1. The normalized spacial score (nSPS) is 14.7. The first-order chi connectivity index (χ1) is 7.32. The number of fused-ring (bicyclic) bond motifs is 1. The van der Waals surface area contributed by atoms with Crippen molar-refractivity contribution in [3.63, 3.8) is 0 Å². The van der Waals surface area contributed by atoms with Crippen LogP contribution in [0.2, 0.25) is 0 Å². The molecule has 0 aromatic heterocycles. The van der Waals surface area contributed by atoms with Gasteiger partial charge in [0.05, 0.1) is 5.56 Å². The van der Waals surface area contributed by atoms with Crippen molar-refractivity contribution in [1.82, 2.24) is 4.90 Å². The Balaban J connectivity index is 0.00000144. The van der Waals surface area contributed by atoms with Gasteiger partial charge in [0.15, 0.2) is 0 Å². The van der Waals surface area contributed by atoms with Crippen LogP contribution in [0.3, 0.4) is 0 Å². The molecule has 0 saturated carbocycles. The molecule has 2 rings (SSSR count). The molecule has 0 atom stereocenters. The minimum absolute atomic E-state index is 0. The summed E-state index contributed by atoms with van der Waals surface area (Å²) >= 11 is 0. The van der Waals surface area contributed by atoms with Crippen molar-refractivity contribution in [2.45, 2.75) is 0 Å². The quantitative estimate of drug-likeness (QED) is 0.435. The number of carbonyl (C=O) groups excluding carboxylic acids is 2. The van der Waals surface area contributed by atoms with E-state index >= 15 is 0 Å². The number of hydrogen-bond donors (Lipinski definition) is 0. The van der Waals surface area contributed by atoms with E-state index in [1.54, 1.807) is 0 Å². The third kappa shape index (κ3) is 2.50. The summed E-state index contributed by atoms with van der Waals surface area (Å²) in [6.45, 7) is -5.15. The van der Waals surface area contributed by atoms with Gasteiger partial charge >= 0.3 is 58.4 Å². The number of rotatable bonds is 1. The average Bonchev–Trinajstić information content (AvgIpc) is 2.43. The Morgan fingerprint density at radius 3 is 2.12 bits per heavy atom. The third-order valence-electron chi connectivity index (χ3n) is 2.49. The van der Waals surface area contributed by atoms with Crippen molar-refractivity contribution < 1.29 is 73.9 Å². The van der Waals surface area contributed by atoms with Crippen LogP contribution in [0.1, 0.15) is 20.7 Å². The van der Waals surface area contributed by atoms with E-state index in [9.17, 15) is 22.5 Å². The topological polar surface area (TPSA) is 37.4 Å². The monoisotopic (exact) mass is 267 g/mol. The summed E-state index contributed by atoms with van der Waals surface area (Å²) in [7, 11) is 1.24. The fourth-order valence-corrected chi connectivity index (χ4v) is 1.58. The van der Waals surface area contributed by atoms with Crippen LogP contribution in [0.4, 0.5) is 12.9 Å². The van der Waals surface area contributed by atoms with Gasteiger partial charge in [-0.05, 0) is 0 Å². The molecule has 1 heterocycles. The largest absolute Gasteiger partial charge is 1.00 e. The molecule has 0 unspecified atom stereocenters. The van der Waals surface area contributed by atoms with Crippen molar-refractivity contribution in [3.05, 3.63) is 29.3 Å². The van der Waals surface area contributed by atoms with E-state index in [1.807, 2.05) is 0 Å². The van der Waals surface area contributed by atoms with E-state index in [1.165, 1.54) is 7.05 Å². The van der Waals surface area contributed by atoms with E-state index < -0.39 is 24.3 Å². The summed E-state index contributed by atoms with van der Waals surface area (Å²) < 4.78 is 37.3. The summed E-state index contributed by atoms with van der Waals surface area (Å²) in [6.07, 6.45) is 0. The molecule has 2 amide bonds. The first-order valence-electron chi connectivity index (χ1n) is 4.48. The Morgan fingerprint density at radius 2 is 1.59 bits per heavy atom. The molecule has 0 N–H and O–H groups in total. The molecule has 0 fully saturated rings.